The molecule has 3 atom stereocenters. The molecule has 0 aliphatic carbocycles. The Kier molecular flexibility index (Phi) is 9.98. The molecule has 1 aromatic rings. The topological polar surface area (TPSA) is 82.1 Å². The van der Waals surface area contributed by atoms with E-state index in [9.17, 15) is 14.7 Å². The van der Waals surface area contributed by atoms with Crippen LogP contribution in [-0.2, 0) is 20.7 Å². The van der Waals surface area contributed by atoms with Crippen molar-refractivity contribution in [1.82, 2.24) is 15.1 Å². The molecule has 194 valence electrons. The minimum Gasteiger partial charge on any atom is -0.394 e. The molecule has 3 aliphatic rings. The van der Waals surface area contributed by atoms with Gasteiger partial charge in [0.1, 0.15) is 6.10 Å². The van der Waals surface area contributed by atoms with E-state index in [-0.39, 0.29) is 30.6 Å². The lowest BCUT2D eigenvalue weighted by molar-refractivity contribution is -0.143. The van der Waals surface area contributed by atoms with Crippen molar-refractivity contribution in [3.05, 3.63) is 35.9 Å². The largest absolute Gasteiger partial charge is 0.394 e. The highest BCUT2D eigenvalue weighted by molar-refractivity contribution is 5.77. The fraction of sp³-hybridized carbons (Fsp3) is 0.714. The summed E-state index contributed by atoms with van der Waals surface area (Å²) in [5, 5.41) is 13.0. The number of ether oxygens (including phenoxy) is 1. The third-order valence-corrected chi connectivity index (χ3v) is 7.98. The first-order valence-corrected chi connectivity index (χ1v) is 13.7. The van der Waals surface area contributed by atoms with Gasteiger partial charge in [0.05, 0.1) is 25.2 Å². The van der Waals surface area contributed by atoms with E-state index in [1.54, 1.807) is 0 Å². The number of piperidine rings is 2. The fourth-order valence-corrected chi connectivity index (χ4v) is 5.83. The Balaban J connectivity index is 1.15. The number of nitrogens with one attached hydrogen (secondary N) is 1. The van der Waals surface area contributed by atoms with Crippen LogP contribution in [0.25, 0.3) is 0 Å². The molecule has 3 fully saturated rings. The van der Waals surface area contributed by atoms with E-state index >= 15 is 0 Å². The number of carbonyl (C=O) groups is 2. The maximum absolute atomic E-state index is 12.9. The molecule has 1 aromatic carbocycles. The quantitative estimate of drug-likeness (QED) is 0.562. The van der Waals surface area contributed by atoms with Crippen LogP contribution in [0, 0.1) is 5.92 Å². The number of nitrogens with zero attached hydrogens (tertiary/aromatic N) is 2. The predicted molar refractivity (Wildman–Crippen MR) is 136 cm³/mol. The van der Waals surface area contributed by atoms with Crippen molar-refractivity contribution < 1.29 is 19.4 Å². The first-order valence-electron chi connectivity index (χ1n) is 13.7. The maximum Gasteiger partial charge on any atom is 0.225 e. The number of hydrogen-bond donors (Lipinski definition) is 2. The molecular weight excluding hydrogens is 442 g/mol. The Morgan fingerprint density at radius 3 is 2.43 bits per heavy atom. The van der Waals surface area contributed by atoms with Gasteiger partial charge in [0.2, 0.25) is 11.8 Å². The summed E-state index contributed by atoms with van der Waals surface area (Å²) < 4.78 is 6.08. The molecule has 7 heteroatoms. The third kappa shape index (κ3) is 8.02. The second-order valence-corrected chi connectivity index (χ2v) is 10.6. The lowest BCUT2D eigenvalue weighted by Crippen LogP contribution is -2.52. The first kappa shape index (κ1) is 26.1. The Morgan fingerprint density at radius 1 is 0.971 bits per heavy atom. The molecule has 4 rings (SSSR count). The molecular formula is C28H43N3O4. The summed E-state index contributed by atoms with van der Waals surface area (Å²) >= 11 is 0. The van der Waals surface area contributed by atoms with Crippen molar-refractivity contribution in [1.29, 1.82) is 0 Å². The average molecular weight is 486 g/mol. The molecule has 7 nitrogen and oxygen atoms in total. The lowest BCUT2D eigenvalue weighted by Gasteiger charge is -2.38. The zero-order valence-electron chi connectivity index (χ0n) is 21.1. The summed E-state index contributed by atoms with van der Waals surface area (Å²) in [7, 11) is 0. The van der Waals surface area contributed by atoms with E-state index < -0.39 is 6.10 Å². The molecule has 3 saturated heterocycles. The van der Waals surface area contributed by atoms with Crippen molar-refractivity contribution in [2.24, 2.45) is 5.92 Å². The number of rotatable bonds is 9. The van der Waals surface area contributed by atoms with Gasteiger partial charge in [-0.1, -0.05) is 36.8 Å². The van der Waals surface area contributed by atoms with Gasteiger partial charge < -0.3 is 25.0 Å². The van der Waals surface area contributed by atoms with Crippen LogP contribution < -0.4 is 5.32 Å². The Morgan fingerprint density at radius 2 is 1.71 bits per heavy atom. The standard InChI is InChI=1S/C28H43N3O4/c32-21-26-25(29-27(33)13-16-30-14-5-2-6-15-30)10-9-24(35-26)20-28(34)31-17-11-23(12-18-31)19-22-7-3-1-4-8-22/h1,3-4,7-8,23-26,32H,2,5-6,9-21H2,(H,29,33)/t24-,25-,26-/m1/s1. The van der Waals surface area contributed by atoms with Crippen molar-refractivity contribution in [2.75, 3.05) is 39.3 Å². The number of likely N-dealkylation sites (tertiary alicyclic amines) is 2. The minimum absolute atomic E-state index is 0.0236. The minimum atomic E-state index is -0.447. The van der Waals surface area contributed by atoms with Crippen LogP contribution in [0.2, 0.25) is 0 Å². The first-order chi connectivity index (χ1) is 17.1. The number of aliphatic hydroxyl groups excluding tert-OH is 1. The lowest BCUT2D eigenvalue weighted by atomic mass is 9.90. The summed E-state index contributed by atoms with van der Waals surface area (Å²) in [5.74, 6) is 0.801. The summed E-state index contributed by atoms with van der Waals surface area (Å²) in [6.45, 7) is 4.43. The second-order valence-electron chi connectivity index (χ2n) is 10.6. The molecule has 0 radical (unpaired) electrons. The van der Waals surface area contributed by atoms with Crippen LogP contribution >= 0.6 is 0 Å². The van der Waals surface area contributed by atoms with Gasteiger partial charge in [-0.25, -0.2) is 0 Å². The zero-order chi connectivity index (χ0) is 24.5. The van der Waals surface area contributed by atoms with Crippen LogP contribution in [0.15, 0.2) is 30.3 Å². The predicted octanol–water partition coefficient (Wildman–Crippen LogP) is 2.76. The van der Waals surface area contributed by atoms with Crippen LogP contribution in [0.1, 0.15) is 63.4 Å². The molecule has 0 bridgehead atoms. The number of hydrogen-bond acceptors (Lipinski definition) is 5. The number of amides is 2. The van der Waals surface area contributed by atoms with Crippen LogP contribution in [0.5, 0.6) is 0 Å². The van der Waals surface area contributed by atoms with Crippen LogP contribution in [0.3, 0.4) is 0 Å². The molecule has 0 aromatic heterocycles. The zero-order valence-corrected chi connectivity index (χ0v) is 21.1. The van der Waals surface area contributed by atoms with E-state index in [2.05, 4.69) is 34.5 Å². The molecule has 0 saturated carbocycles. The second kappa shape index (κ2) is 13.4. The highest BCUT2D eigenvalue weighted by Gasteiger charge is 2.34. The van der Waals surface area contributed by atoms with E-state index in [0.29, 0.717) is 18.8 Å². The molecule has 3 heterocycles. The van der Waals surface area contributed by atoms with Gasteiger partial charge >= 0.3 is 0 Å². The number of aliphatic hydroxyl groups is 1. The van der Waals surface area contributed by atoms with Gasteiger partial charge in [-0.2, -0.15) is 0 Å². The normalized spacial score (nSPS) is 26.4. The third-order valence-electron chi connectivity index (χ3n) is 7.98. The van der Waals surface area contributed by atoms with Crippen molar-refractivity contribution >= 4 is 11.8 Å². The van der Waals surface area contributed by atoms with Crippen LogP contribution in [-0.4, -0.2) is 84.3 Å². The maximum atomic E-state index is 12.9. The van der Waals surface area contributed by atoms with Gasteiger partial charge in [0.15, 0.2) is 0 Å². The van der Waals surface area contributed by atoms with Gasteiger partial charge in [-0.3, -0.25) is 9.59 Å². The highest BCUT2D eigenvalue weighted by atomic mass is 16.5. The number of carbonyl (C=O) groups excluding carboxylic acids is 2. The Labute approximate surface area is 210 Å². The highest BCUT2D eigenvalue weighted by Crippen LogP contribution is 2.25. The fourth-order valence-electron chi connectivity index (χ4n) is 5.83. The molecule has 35 heavy (non-hydrogen) atoms. The van der Waals surface area contributed by atoms with Gasteiger partial charge in [0.25, 0.3) is 0 Å². The van der Waals surface area contributed by atoms with E-state index in [4.69, 9.17) is 4.74 Å². The van der Waals surface area contributed by atoms with Crippen LogP contribution in [0.4, 0.5) is 0 Å². The Bertz CT molecular complexity index is 791. The van der Waals surface area contributed by atoms with Gasteiger partial charge in [-0.15, -0.1) is 0 Å². The van der Waals surface area contributed by atoms with Gasteiger partial charge in [-0.05, 0) is 69.5 Å². The Hall–Kier alpha value is -1.96. The monoisotopic (exact) mass is 485 g/mol. The SMILES string of the molecule is O=C(CCN1CCCCC1)N[C@@H]1CC[C@H](CC(=O)N2CCC(Cc3ccccc3)CC2)O[C@@H]1CO. The summed E-state index contributed by atoms with van der Waals surface area (Å²) in [4.78, 5) is 29.8. The molecule has 0 unspecified atom stereocenters. The van der Waals surface area contributed by atoms with Crippen molar-refractivity contribution in [2.45, 2.75) is 82.5 Å². The summed E-state index contributed by atoms with van der Waals surface area (Å²) in [5.41, 5.74) is 1.37. The van der Waals surface area contributed by atoms with E-state index in [1.165, 1.54) is 24.8 Å². The van der Waals surface area contributed by atoms with Crippen molar-refractivity contribution in [3.63, 3.8) is 0 Å². The van der Waals surface area contributed by atoms with Gasteiger partial charge in [0, 0.05) is 26.1 Å². The summed E-state index contributed by atoms with van der Waals surface area (Å²) in [6, 6.07) is 10.4. The molecule has 0 spiro atoms. The average Bonchev–Trinajstić information content (AvgIpc) is 2.90. The van der Waals surface area contributed by atoms with E-state index in [1.807, 2.05) is 11.0 Å². The molecule has 3 aliphatic heterocycles. The molecule has 2 N–H and O–H groups in total. The summed E-state index contributed by atoms with van der Waals surface area (Å²) in [6.07, 6.45) is 8.55. The van der Waals surface area contributed by atoms with Crippen molar-refractivity contribution in [3.8, 4) is 0 Å². The smallest absolute Gasteiger partial charge is 0.225 e. The van der Waals surface area contributed by atoms with E-state index in [0.717, 1.165) is 64.8 Å². The molecule has 2 amide bonds. The number of benzene rings is 1.